The number of nitrogens with zero attached hydrogens (tertiary/aromatic N) is 4. The van der Waals surface area contributed by atoms with Gasteiger partial charge in [-0.15, -0.1) is 0 Å². The van der Waals surface area contributed by atoms with E-state index < -0.39 is 0 Å². The molecule has 184 valence electrons. The highest BCUT2D eigenvalue weighted by Crippen LogP contribution is 2.45. The monoisotopic (exact) mass is 458 g/mol. The molecule has 1 fully saturated rings. The number of aromatic amines is 1. The lowest BCUT2D eigenvalue weighted by Gasteiger charge is -2.18. The number of nitrogens with one attached hydrogen (secondary N) is 2. The third kappa shape index (κ3) is 9.40. The SMILES string of the molecule is CCCCCCCCN(C)CC1(C#N)CC1.CN(C)c1c(NC=O)cnc2[nH]ccc12.CO. The van der Waals surface area contributed by atoms with E-state index in [1.165, 1.54) is 38.5 Å². The Morgan fingerprint density at radius 1 is 1.21 bits per heavy atom. The van der Waals surface area contributed by atoms with E-state index in [-0.39, 0.29) is 5.41 Å². The molecular weight excluding hydrogens is 416 g/mol. The predicted octanol–water partition coefficient (Wildman–Crippen LogP) is 4.39. The largest absolute Gasteiger partial charge is 0.400 e. The second-order valence-electron chi connectivity index (χ2n) is 8.81. The number of H-pyrrole nitrogens is 1. The van der Waals surface area contributed by atoms with Crippen molar-refractivity contribution in [3.05, 3.63) is 18.5 Å². The van der Waals surface area contributed by atoms with E-state index in [0.29, 0.717) is 12.1 Å². The molecule has 2 aromatic heterocycles. The van der Waals surface area contributed by atoms with Gasteiger partial charge in [-0.25, -0.2) is 4.98 Å². The van der Waals surface area contributed by atoms with Crippen LogP contribution >= 0.6 is 0 Å². The molecule has 0 saturated heterocycles. The number of unbranched alkanes of at least 4 members (excludes halogenated alkanes) is 5. The second-order valence-corrected chi connectivity index (χ2v) is 8.81. The lowest BCUT2D eigenvalue weighted by atomic mass is 10.1. The fourth-order valence-electron chi connectivity index (χ4n) is 3.86. The number of aliphatic hydroxyl groups excluding tert-OH is 1. The number of hydrogen-bond donors (Lipinski definition) is 3. The standard InChI is InChI=1S/C14H26N2.C10H12N4O.CH4O/c1-3-4-5-6-7-8-11-16(2)13-14(12-15)9-10-14;1-14(2)9-7-3-4-11-10(7)12-5-8(9)13-6-15;1-2/h3-11,13H2,1-2H3;3-6H,1-2H3,(H,11,12)(H,13,15);2H,1H3. The highest BCUT2D eigenvalue weighted by Gasteiger charge is 2.43. The van der Waals surface area contributed by atoms with Gasteiger partial charge >= 0.3 is 0 Å². The Morgan fingerprint density at radius 3 is 2.45 bits per heavy atom. The molecule has 2 heterocycles. The number of fused-ring (bicyclic) bond motifs is 1. The van der Waals surface area contributed by atoms with Gasteiger partial charge in [-0.3, -0.25) is 4.79 Å². The molecule has 0 atom stereocenters. The molecule has 0 radical (unpaired) electrons. The van der Waals surface area contributed by atoms with Crippen LogP contribution in [0.5, 0.6) is 0 Å². The summed E-state index contributed by atoms with van der Waals surface area (Å²) in [4.78, 5) is 22.0. The van der Waals surface area contributed by atoms with Gasteiger partial charge in [0.05, 0.1) is 29.1 Å². The van der Waals surface area contributed by atoms with Crippen LogP contribution in [0.1, 0.15) is 58.3 Å². The number of carbonyl (C=O) groups is 1. The molecule has 1 saturated carbocycles. The molecule has 0 aliphatic heterocycles. The van der Waals surface area contributed by atoms with Crippen LogP contribution in [-0.2, 0) is 4.79 Å². The van der Waals surface area contributed by atoms with Crippen LogP contribution in [0.25, 0.3) is 11.0 Å². The van der Waals surface area contributed by atoms with Crippen molar-refractivity contribution in [2.24, 2.45) is 5.41 Å². The number of anilines is 2. The van der Waals surface area contributed by atoms with Crippen LogP contribution in [0.3, 0.4) is 0 Å². The van der Waals surface area contributed by atoms with Gasteiger partial charge in [-0.1, -0.05) is 39.0 Å². The number of aromatic nitrogens is 2. The minimum atomic E-state index is 0.0387. The number of aliphatic hydroxyl groups is 1. The summed E-state index contributed by atoms with van der Waals surface area (Å²) in [5.74, 6) is 0. The summed E-state index contributed by atoms with van der Waals surface area (Å²) in [6.45, 7) is 4.40. The maximum absolute atomic E-state index is 10.5. The number of amides is 1. The molecule has 0 spiro atoms. The Labute approximate surface area is 199 Å². The van der Waals surface area contributed by atoms with Crippen molar-refractivity contribution >= 4 is 28.8 Å². The fourth-order valence-corrected chi connectivity index (χ4v) is 3.86. The summed E-state index contributed by atoms with van der Waals surface area (Å²) in [7, 11) is 7.01. The van der Waals surface area contributed by atoms with Crippen molar-refractivity contribution in [2.75, 3.05) is 51.6 Å². The van der Waals surface area contributed by atoms with Gasteiger partial charge in [-0.05, 0) is 38.9 Å². The van der Waals surface area contributed by atoms with E-state index in [0.717, 1.165) is 49.8 Å². The van der Waals surface area contributed by atoms with Crippen molar-refractivity contribution < 1.29 is 9.90 Å². The Morgan fingerprint density at radius 2 is 1.88 bits per heavy atom. The topological polar surface area (TPSA) is 108 Å². The Bertz CT molecular complexity index is 854. The van der Waals surface area contributed by atoms with E-state index in [9.17, 15) is 4.79 Å². The third-order valence-electron chi connectivity index (χ3n) is 5.78. The molecule has 3 N–H and O–H groups in total. The molecule has 0 bridgehead atoms. The van der Waals surface area contributed by atoms with E-state index in [1.807, 2.05) is 31.3 Å². The van der Waals surface area contributed by atoms with E-state index in [4.69, 9.17) is 10.4 Å². The van der Waals surface area contributed by atoms with Crippen molar-refractivity contribution in [3.63, 3.8) is 0 Å². The van der Waals surface area contributed by atoms with E-state index in [1.54, 1.807) is 6.20 Å². The van der Waals surface area contributed by atoms with E-state index >= 15 is 0 Å². The van der Waals surface area contributed by atoms with Gasteiger partial charge in [0.25, 0.3) is 0 Å². The van der Waals surface area contributed by atoms with Crippen molar-refractivity contribution in [1.29, 1.82) is 5.26 Å². The van der Waals surface area contributed by atoms with Crippen LogP contribution in [0.15, 0.2) is 18.5 Å². The summed E-state index contributed by atoms with van der Waals surface area (Å²) >= 11 is 0. The Balaban J connectivity index is 0.000000307. The first kappa shape index (κ1) is 28.4. The number of pyridine rings is 1. The minimum absolute atomic E-state index is 0.0387. The third-order valence-corrected chi connectivity index (χ3v) is 5.78. The Kier molecular flexibility index (Phi) is 13.1. The molecule has 0 unspecified atom stereocenters. The summed E-state index contributed by atoms with van der Waals surface area (Å²) in [5, 5.41) is 19.6. The minimum Gasteiger partial charge on any atom is -0.400 e. The van der Waals surface area contributed by atoms with Gasteiger partial charge in [-0.2, -0.15) is 5.26 Å². The van der Waals surface area contributed by atoms with Gasteiger partial charge < -0.3 is 25.2 Å². The zero-order valence-electron chi connectivity index (χ0n) is 21.0. The lowest BCUT2D eigenvalue weighted by molar-refractivity contribution is -0.105. The van der Waals surface area contributed by atoms with Crippen molar-refractivity contribution in [1.82, 2.24) is 14.9 Å². The lowest BCUT2D eigenvalue weighted by Crippen LogP contribution is -2.27. The van der Waals surface area contributed by atoms with Gasteiger partial charge in [0.15, 0.2) is 0 Å². The first-order chi connectivity index (χ1) is 16.0. The first-order valence-corrected chi connectivity index (χ1v) is 11.8. The predicted molar refractivity (Wildman–Crippen MR) is 136 cm³/mol. The molecule has 1 aliphatic rings. The maximum atomic E-state index is 10.5. The summed E-state index contributed by atoms with van der Waals surface area (Å²) in [5.41, 5.74) is 2.52. The normalized spacial score (nSPS) is 13.3. The average Bonchev–Trinajstić information content (AvgIpc) is 3.42. The van der Waals surface area contributed by atoms with Gasteiger partial charge in [0.2, 0.25) is 6.41 Å². The summed E-state index contributed by atoms with van der Waals surface area (Å²) in [6, 6.07) is 4.40. The quantitative estimate of drug-likeness (QED) is 0.322. The molecule has 3 rings (SSSR count). The molecule has 8 heteroatoms. The maximum Gasteiger partial charge on any atom is 0.211 e. The van der Waals surface area contributed by atoms with Crippen LogP contribution in [0.4, 0.5) is 11.4 Å². The first-order valence-electron chi connectivity index (χ1n) is 11.8. The van der Waals surface area contributed by atoms with Crippen molar-refractivity contribution in [2.45, 2.75) is 58.3 Å². The van der Waals surface area contributed by atoms with Crippen molar-refractivity contribution in [3.8, 4) is 6.07 Å². The molecule has 8 nitrogen and oxygen atoms in total. The molecule has 2 aromatic rings. The smallest absolute Gasteiger partial charge is 0.211 e. The van der Waals surface area contributed by atoms with Crippen LogP contribution in [-0.4, -0.2) is 67.7 Å². The van der Waals surface area contributed by atoms with Crippen LogP contribution < -0.4 is 10.2 Å². The van der Waals surface area contributed by atoms with Crippen LogP contribution in [0.2, 0.25) is 0 Å². The zero-order valence-corrected chi connectivity index (χ0v) is 21.0. The van der Waals surface area contributed by atoms with Crippen LogP contribution in [0, 0.1) is 16.7 Å². The number of carbonyl (C=O) groups excluding carboxylic acids is 1. The average molecular weight is 459 g/mol. The van der Waals surface area contributed by atoms with Gasteiger partial charge in [0.1, 0.15) is 5.65 Å². The molecule has 1 amide bonds. The fraction of sp³-hybridized carbons (Fsp3) is 0.640. The molecular formula is C25H42N6O2. The molecule has 1 aliphatic carbocycles. The second kappa shape index (κ2) is 15.3. The summed E-state index contributed by atoms with van der Waals surface area (Å²) in [6.07, 6.45) is 14.5. The number of nitriles is 1. The zero-order chi connectivity index (χ0) is 24.7. The number of rotatable bonds is 12. The molecule has 0 aromatic carbocycles. The molecule has 33 heavy (non-hydrogen) atoms. The number of hydrogen-bond acceptors (Lipinski definition) is 6. The highest BCUT2D eigenvalue weighted by molar-refractivity contribution is 5.98. The Hall–Kier alpha value is -2.63. The van der Waals surface area contributed by atoms with E-state index in [2.05, 4.69) is 40.2 Å². The summed E-state index contributed by atoms with van der Waals surface area (Å²) < 4.78 is 0. The highest BCUT2D eigenvalue weighted by atomic mass is 16.2. The van der Waals surface area contributed by atoms with Gasteiger partial charge in [0, 0.05) is 39.3 Å².